The second-order valence-corrected chi connectivity index (χ2v) is 10.4. The van der Waals surface area contributed by atoms with Crippen LogP contribution in [0, 0.1) is 11.8 Å². The number of carbonyl (C=O) groups is 3. The standard InChI is InChI=1S/C31H38N4O6/c1-31(29(37)32-2,30(38)33-41-27-7-5-6-18-40-27)34(3)28(36)25-16-14-23(15-17-25)9-8-22-10-12-24(13-11-22)19-35-20-26(21-35)39-4/h10-17,26-27H,5-7,18-21H2,1-4H3,(H,32,37)(H,33,38)/t27?,31-/m0/s1. The molecular formula is C31H38N4O6. The van der Waals surface area contributed by atoms with Gasteiger partial charge in [-0.1, -0.05) is 24.0 Å². The Labute approximate surface area is 241 Å². The van der Waals surface area contributed by atoms with Crippen molar-refractivity contribution in [2.45, 2.75) is 50.7 Å². The number of rotatable bonds is 9. The molecule has 0 aliphatic carbocycles. The summed E-state index contributed by atoms with van der Waals surface area (Å²) in [6.45, 7) is 4.70. The molecule has 2 fully saturated rings. The van der Waals surface area contributed by atoms with E-state index in [1.54, 1.807) is 31.4 Å². The summed E-state index contributed by atoms with van der Waals surface area (Å²) in [5.74, 6) is 4.33. The molecule has 2 saturated heterocycles. The highest BCUT2D eigenvalue weighted by Crippen LogP contribution is 2.20. The Morgan fingerprint density at radius 3 is 2.22 bits per heavy atom. The summed E-state index contributed by atoms with van der Waals surface area (Å²) in [6.07, 6.45) is 2.20. The number of nitrogens with one attached hydrogen (secondary N) is 2. The lowest BCUT2D eigenvalue weighted by Crippen LogP contribution is -2.65. The maximum Gasteiger partial charge on any atom is 0.279 e. The molecule has 41 heavy (non-hydrogen) atoms. The van der Waals surface area contributed by atoms with E-state index >= 15 is 0 Å². The van der Waals surface area contributed by atoms with E-state index in [0.717, 1.165) is 48.5 Å². The molecule has 2 N–H and O–H groups in total. The number of likely N-dealkylation sites (tertiary alicyclic amines) is 1. The van der Waals surface area contributed by atoms with Crippen molar-refractivity contribution in [3.05, 3.63) is 70.8 Å². The van der Waals surface area contributed by atoms with Crippen LogP contribution in [0.5, 0.6) is 0 Å². The molecule has 218 valence electrons. The normalized spacial score (nSPS) is 18.7. The minimum Gasteiger partial charge on any atom is -0.379 e. The van der Waals surface area contributed by atoms with Gasteiger partial charge in [0.15, 0.2) is 11.8 Å². The molecule has 2 aromatic carbocycles. The van der Waals surface area contributed by atoms with Crippen molar-refractivity contribution in [2.24, 2.45) is 0 Å². The average molecular weight is 563 g/mol. The largest absolute Gasteiger partial charge is 0.379 e. The third-order valence-electron chi connectivity index (χ3n) is 7.61. The van der Waals surface area contributed by atoms with Gasteiger partial charge in [-0.2, -0.15) is 0 Å². The predicted octanol–water partition coefficient (Wildman–Crippen LogP) is 2.07. The van der Waals surface area contributed by atoms with Crippen LogP contribution in [0.15, 0.2) is 48.5 Å². The van der Waals surface area contributed by atoms with E-state index in [-0.39, 0.29) is 0 Å². The number of hydroxylamine groups is 1. The van der Waals surface area contributed by atoms with Gasteiger partial charge in [0.05, 0.1) is 6.10 Å². The molecule has 0 aromatic heterocycles. The van der Waals surface area contributed by atoms with Gasteiger partial charge in [-0.25, -0.2) is 10.3 Å². The summed E-state index contributed by atoms with van der Waals surface area (Å²) >= 11 is 0. The van der Waals surface area contributed by atoms with E-state index in [2.05, 4.69) is 39.7 Å². The molecule has 1 unspecified atom stereocenters. The first-order valence-electron chi connectivity index (χ1n) is 13.8. The number of likely N-dealkylation sites (N-methyl/N-ethyl adjacent to an activating group) is 2. The summed E-state index contributed by atoms with van der Waals surface area (Å²) < 4.78 is 10.8. The molecular weight excluding hydrogens is 524 g/mol. The van der Waals surface area contributed by atoms with Crippen molar-refractivity contribution in [1.82, 2.24) is 20.6 Å². The zero-order valence-corrected chi connectivity index (χ0v) is 24.1. The molecule has 4 rings (SSSR count). The van der Waals surface area contributed by atoms with Crippen LogP contribution in [0.2, 0.25) is 0 Å². The Morgan fingerprint density at radius 2 is 1.66 bits per heavy atom. The first-order chi connectivity index (χ1) is 19.7. The first-order valence-corrected chi connectivity index (χ1v) is 13.8. The molecule has 2 atom stereocenters. The van der Waals surface area contributed by atoms with E-state index in [0.29, 0.717) is 24.7 Å². The van der Waals surface area contributed by atoms with Crippen molar-refractivity contribution in [1.29, 1.82) is 0 Å². The molecule has 0 spiro atoms. The number of carbonyl (C=O) groups excluding carboxylic acids is 3. The lowest BCUT2D eigenvalue weighted by Gasteiger charge is -2.38. The van der Waals surface area contributed by atoms with Crippen LogP contribution in [0.1, 0.15) is 53.2 Å². The molecule has 2 aromatic rings. The molecule has 2 aliphatic heterocycles. The van der Waals surface area contributed by atoms with E-state index < -0.39 is 29.6 Å². The lowest BCUT2D eigenvalue weighted by atomic mass is 9.96. The van der Waals surface area contributed by atoms with Crippen LogP contribution in [-0.2, 0) is 30.4 Å². The smallest absolute Gasteiger partial charge is 0.279 e. The van der Waals surface area contributed by atoms with E-state index in [1.807, 2.05) is 12.1 Å². The van der Waals surface area contributed by atoms with Gasteiger partial charge in [0, 0.05) is 70.6 Å². The Hall–Kier alpha value is -3.75. The maximum atomic E-state index is 13.3. The minimum absolute atomic E-state index is 0.309. The molecule has 2 heterocycles. The summed E-state index contributed by atoms with van der Waals surface area (Å²) in [6, 6.07) is 14.9. The number of nitrogens with zero attached hydrogens (tertiary/aromatic N) is 2. The highest BCUT2D eigenvalue weighted by molar-refractivity contribution is 6.12. The van der Waals surface area contributed by atoms with Crippen molar-refractivity contribution < 1.29 is 28.7 Å². The quantitative estimate of drug-likeness (QED) is 0.274. The average Bonchev–Trinajstić information content (AvgIpc) is 3.00. The topological polar surface area (TPSA) is 109 Å². The molecule has 10 heteroatoms. The Balaban J connectivity index is 1.37. The fraction of sp³-hybridized carbons (Fsp3) is 0.452. The summed E-state index contributed by atoms with van der Waals surface area (Å²) in [5.41, 5.74) is 3.60. The summed E-state index contributed by atoms with van der Waals surface area (Å²) in [5, 5.41) is 2.47. The van der Waals surface area contributed by atoms with Crippen molar-refractivity contribution in [3.63, 3.8) is 0 Å². The van der Waals surface area contributed by atoms with Crippen molar-refractivity contribution >= 4 is 17.7 Å². The van der Waals surface area contributed by atoms with Crippen LogP contribution in [-0.4, -0.2) is 86.4 Å². The fourth-order valence-electron chi connectivity index (χ4n) is 4.66. The van der Waals surface area contributed by atoms with Gasteiger partial charge in [0.25, 0.3) is 17.7 Å². The number of hydrogen-bond acceptors (Lipinski definition) is 7. The number of amides is 3. The van der Waals surface area contributed by atoms with Crippen LogP contribution >= 0.6 is 0 Å². The van der Waals surface area contributed by atoms with Gasteiger partial charge < -0.3 is 19.7 Å². The second-order valence-electron chi connectivity index (χ2n) is 10.4. The first kappa shape index (κ1) is 30.2. The minimum atomic E-state index is -1.87. The van der Waals surface area contributed by atoms with Crippen molar-refractivity contribution in [2.75, 3.05) is 40.9 Å². The SMILES string of the molecule is CNC(=O)[C@@](C)(C(=O)NOC1CCCCO1)N(C)C(=O)c1ccc(C#Cc2ccc(CN3CC(OC)C3)cc2)cc1. The van der Waals surface area contributed by atoms with Crippen LogP contribution in [0.4, 0.5) is 0 Å². The molecule has 10 nitrogen and oxygen atoms in total. The Morgan fingerprint density at radius 1 is 1.02 bits per heavy atom. The number of methoxy groups -OCH3 is 1. The molecule has 0 saturated carbocycles. The highest BCUT2D eigenvalue weighted by atomic mass is 16.8. The highest BCUT2D eigenvalue weighted by Gasteiger charge is 2.47. The fourth-order valence-corrected chi connectivity index (χ4v) is 4.66. The monoisotopic (exact) mass is 562 g/mol. The zero-order valence-electron chi connectivity index (χ0n) is 24.1. The molecule has 0 radical (unpaired) electrons. The van der Waals surface area contributed by atoms with E-state index in [9.17, 15) is 14.4 Å². The van der Waals surface area contributed by atoms with E-state index in [1.165, 1.54) is 26.6 Å². The zero-order chi connectivity index (χ0) is 29.4. The number of hydrogen-bond donors (Lipinski definition) is 2. The van der Waals surface area contributed by atoms with Crippen LogP contribution < -0.4 is 10.8 Å². The maximum absolute atomic E-state index is 13.3. The van der Waals surface area contributed by atoms with Crippen molar-refractivity contribution in [3.8, 4) is 11.8 Å². The van der Waals surface area contributed by atoms with Gasteiger partial charge >= 0.3 is 0 Å². The van der Waals surface area contributed by atoms with Gasteiger partial charge in [-0.05, 0) is 61.7 Å². The lowest BCUT2D eigenvalue weighted by molar-refractivity contribution is -0.204. The molecule has 3 amide bonds. The molecule has 2 aliphatic rings. The van der Waals surface area contributed by atoms with Crippen LogP contribution in [0.25, 0.3) is 0 Å². The van der Waals surface area contributed by atoms with Gasteiger partial charge in [0.2, 0.25) is 0 Å². The van der Waals surface area contributed by atoms with Crippen LogP contribution in [0.3, 0.4) is 0 Å². The van der Waals surface area contributed by atoms with Gasteiger partial charge in [-0.3, -0.25) is 19.3 Å². The van der Waals surface area contributed by atoms with Gasteiger partial charge in [0.1, 0.15) is 0 Å². The molecule has 0 bridgehead atoms. The van der Waals surface area contributed by atoms with E-state index in [4.69, 9.17) is 14.3 Å². The Bertz CT molecular complexity index is 1270. The van der Waals surface area contributed by atoms with Gasteiger partial charge in [-0.15, -0.1) is 0 Å². The second kappa shape index (κ2) is 13.7. The third kappa shape index (κ3) is 7.31. The predicted molar refractivity (Wildman–Crippen MR) is 152 cm³/mol. The third-order valence-corrected chi connectivity index (χ3v) is 7.61. The Kier molecular flexibility index (Phi) is 10.1. The summed E-state index contributed by atoms with van der Waals surface area (Å²) in [4.78, 5) is 48.1. The number of ether oxygens (including phenoxy) is 2. The summed E-state index contributed by atoms with van der Waals surface area (Å²) in [7, 11) is 4.56. The number of benzene rings is 2.